The van der Waals surface area contributed by atoms with E-state index in [0.717, 1.165) is 11.1 Å². The minimum absolute atomic E-state index is 0.0803. The summed E-state index contributed by atoms with van der Waals surface area (Å²) >= 11 is 6.13. The Bertz CT molecular complexity index is 803. The first-order chi connectivity index (χ1) is 12.4. The molecule has 0 saturated carbocycles. The van der Waals surface area contributed by atoms with E-state index in [2.05, 4.69) is 0 Å². The smallest absolute Gasteiger partial charge is 0.338 e. The van der Waals surface area contributed by atoms with Gasteiger partial charge in [0.15, 0.2) is 23.0 Å². The van der Waals surface area contributed by atoms with Crippen LogP contribution in [0.15, 0.2) is 24.3 Å². The predicted molar refractivity (Wildman–Crippen MR) is 98.0 cm³/mol. The molecule has 2 aromatic carbocycles. The molecule has 0 N–H and O–H groups in total. The lowest BCUT2D eigenvalue weighted by atomic mass is 10.1. The molecule has 6 nitrogen and oxygen atoms in total. The zero-order valence-electron chi connectivity index (χ0n) is 15.3. The van der Waals surface area contributed by atoms with Crippen LogP contribution in [0.3, 0.4) is 0 Å². The van der Waals surface area contributed by atoms with Crippen molar-refractivity contribution in [3.05, 3.63) is 46.0 Å². The van der Waals surface area contributed by atoms with Gasteiger partial charge in [-0.25, -0.2) is 4.79 Å². The third kappa shape index (κ3) is 4.14. The molecule has 7 heteroatoms. The molecule has 0 bridgehead atoms. The monoisotopic (exact) mass is 380 g/mol. The topological polar surface area (TPSA) is 63.2 Å². The second-order valence-electron chi connectivity index (χ2n) is 5.40. The van der Waals surface area contributed by atoms with Crippen LogP contribution in [0.5, 0.6) is 23.0 Å². The van der Waals surface area contributed by atoms with E-state index in [-0.39, 0.29) is 17.2 Å². The number of benzene rings is 2. The van der Waals surface area contributed by atoms with Crippen LogP contribution >= 0.6 is 11.6 Å². The Labute approximate surface area is 157 Å². The number of methoxy groups -OCH3 is 4. The van der Waals surface area contributed by atoms with Gasteiger partial charge in [-0.3, -0.25) is 0 Å². The third-order valence-electron chi connectivity index (χ3n) is 3.87. The molecule has 2 rings (SSSR count). The lowest BCUT2D eigenvalue weighted by Gasteiger charge is -2.14. The summed E-state index contributed by atoms with van der Waals surface area (Å²) in [5.74, 6) is 1.38. The number of rotatable bonds is 7. The van der Waals surface area contributed by atoms with Crippen LogP contribution < -0.4 is 18.9 Å². The van der Waals surface area contributed by atoms with E-state index in [9.17, 15) is 4.79 Å². The Morgan fingerprint density at radius 3 is 2.08 bits per heavy atom. The van der Waals surface area contributed by atoms with Crippen LogP contribution in [0.1, 0.15) is 21.5 Å². The molecule has 26 heavy (non-hydrogen) atoms. The van der Waals surface area contributed by atoms with Gasteiger partial charge in [0, 0.05) is 0 Å². The van der Waals surface area contributed by atoms with E-state index in [1.807, 2.05) is 13.0 Å². The van der Waals surface area contributed by atoms with E-state index < -0.39 is 5.97 Å². The van der Waals surface area contributed by atoms with Crippen molar-refractivity contribution in [3.8, 4) is 23.0 Å². The first kappa shape index (κ1) is 19.7. The standard InChI is InChI=1S/C19H21ClO6/c1-11-6-15(22-2)16(23-3)9-13(11)10-26-19(21)12-7-14(20)18(25-5)17(8-12)24-4/h6-9H,10H2,1-5H3. The van der Waals surface area contributed by atoms with Gasteiger partial charge in [0.1, 0.15) is 6.61 Å². The molecule has 0 atom stereocenters. The highest BCUT2D eigenvalue weighted by Gasteiger charge is 2.17. The summed E-state index contributed by atoms with van der Waals surface area (Å²) in [4.78, 5) is 12.4. The second-order valence-corrected chi connectivity index (χ2v) is 5.81. The first-order valence-electron chi connectivity index (χ1n) is 7.75. The summed E-state index contributed by atoms with van der Waals surface area (Å²) in [6.07, 6.45) is 0. The van der Waals surface area contributed by atoms with Gasteiger partial charge in [-0.05, 0) is 42.3 Å². The zero-order chi connectivity index (χ0) is 19.3. The molecule has 140 valence electrons. The molecule has 0 radical (unpaired) electrons. The van der Waals surface area contributed by atoms with Crippen LogP contribution in [0.4, 0.5) is 0 Å². The number of esters is 1. The molecule has 0 saturated heterocycles. The van der Waals surface area contributed by atoms with E-state index >= 15 is 0 Å². The molecule has 0 unspecified atom stereocenters. The third-order valence-corrected chi connectivity index (χ3v) is 4.15. The number of halogens is 1. The predicted octanol–water partition coefficient (Wildman–Crippen LogP) is 4.04. The maximum atomic E-state index is 12.4. The van der Waals surface area contributed by atoms with Crippen molar-refractivity contribution < 1.29 is 28.5 Å². The summed E-state index contributed by atoms with van der Waals surface area (Å²) in [5, 5.41) is 0.265. The molecule has 0 aliphatic heterocycles. The van der Waals surface area contributed by atoms with Gasteiger partial charge in [-0.1, -0.05) is 11.6 Å². The van der Waals surface area contributed by atoms with E-state index in [1.165, 1.54) is 26.4 Å². The van der Waals surface area contributed by atoms with Crippen molar-refractivity contribution in [1.29, 1.82) is 0 Å². The van der Waals surface area contributed by atoms with Gasteiger partial charge in [0.25, 0.3) is 0 Å². The Kier molecular flexibility index (Phi) is 6.58. The fraction of sp³-hybridized carbons (Fsp3) is 0.316. The number of carbonyl (C=O) groups is 1. The number of ether oxygens (including phenoxy) is 5. The highest BCUT2D eigenvalue weighted by atomic mass is 35.5. The van der Waals surface area contributed by atoms with Crippen molar-refractivity contribution in [2.45, 2.75) is 13.5 Å². The van der Waals surface area contributed by atoms with Crippen LogP contribution in [-0.2, 0) is 11.3 Å². The average Bonchev–Trinajstić information content (AvgIpc) is 2.65. The lowest BCUT2D eigenvalue weighted by molar-refractivity contribution is 0.0471. The van der Waals surface area contributed by atoms with Crippen molar-refractivity contribution in [2.75, 3.05) is 28.4 Å². The Morgan fingerprint density at radius 2 is 1.50 bits per heavy atom. The molecule has 0 aliphatic carbocycles. The van der Waals surface area contributed by atoms with E-state index in [4.69, 9.17) is 35.3 Å². The number of aryl methyl sites for hydroxylation is 1. The lowest BCUT2D eigenvalue weighted by Crippen LogP contribution is -2.07. The molecule has 0 aliphatic rings. The molecular weight excluding hydrogens is 360 g/mol. The fourth-order valence-electron chi connectivity index (χ4n) is 2.44. The molecule has 0 spiro atoms. The molecule has 0 aromatic heterocycles. The zero-order valence-corrected chi connectivity index (χ0v) is 16.1. The van der Waals surface area contributed by atoms with Gasteiger partial charge < -0.3 is 23.7 Å². The quantitative estimate of drug-likeness (QED) is 0.675. The summed E-state index contributed by atoms with van der Waals surface area (Å²) in [7, 11) is 6.06. The maximum absolute atomic E-state index is 12.4. The van der Waals surface area contributed by atoms with E-state index in [1.54, 1.807) is 20.3 Å². The summed E-state index contributed by atoms with van der Waals surface area (Å²) in [6, 6.07) is 6.61. The van der Waals surface area contributed by atoms with Crippen LogP contribution in [0.25, 0.3) is 0 Å². The first-order valence-corrected chi connectivity index (χ1v) is 8.13. The van der Waals surface area contributed by atoms with E-state index in [0.29, 0.717) is 23.0 Å². The molecule has 0 fully saturated rings. The van der Waals surface area contributed by atoms with Gasteiger partial charge >= 0.3 is 5.97 Å². The Balaban J connectivity index is 2.20. The Hall–Kier alpha value is -2.60. The minimum Gasteiger partial charge on any atom is -0.493 e. The molecule has 2 aromatic rings. The number of hydrogen-bond donors (Lipinski definition) is 0. The summed E-state index contributed by atoms with van der Waals surface area (Å²) < 4.78 is 26.3. The molecule has 0 heterocycles. The maximum Gasteiger partial charge on any atom is 0.338 e. The van der Waals surface area contributed by atoms with Crippen LogP contribution in [-0.4, -0.2) is 34.4 Å². The highest BCUT2D eigenvalue weighted by Crippen LogP contribution is 2.36. The molecular formula is C19H21ClO6. The SMILES string of the molecule is COc1cc(C)c(COC(=O)c2cc(Cl)c(OC)c(OC)c2)cc1OC. The fourth-order valence-corrected chi connectivity index (χ4v) is 2.73. The van der Waals surface area contributed by atoms with Gasteiger partial charge in [0.05, 0.1) is 39.0 Å². The Morgan fingerprint density at radius 1 is 0.885 bits per heavy atom. The largest absolute Gasteiger partial charge is 0.493 e. The van der Waals surface area contributed by atoms with Crippen LogP contribution in [0.2, 0.25) is 5.02 Å². The summed E-state index contributed by atoms with van der Waals surface area (Å²) in [5.41, 5.74) is 1.99. The summed E-state index contributed by atoms with van der Waals surface area (Å²) in [6.45, 7) is 1.98. The minimum atomic E-state index is -0.526. The number of carbonyl (C=O) groups excluding carboxylic acids is 1. The van der Waals surface area contributed by atoms with Crippen molar-refractivity contribution in [3.63, 3.8) is 0 Å². The van der Waals surface area contributed by atoms with Crippen molar-refractivity contribution in [2.24, 2.45) is 0 Å². The normalized spacial score (nSPS) is 10.2. The highest BCUT2D eigenvalue weighted by molar-refractivity contribution is 6.32. The van der Waals surface area contributed by atoms with Gasteiger partial charge in [-0.15, -0.1) is 0 Å². The second kappa shape index (κ2) is 8.67. The van der Waals surface area contributed by atoms with Gasteiger partial charge in [-0.2, -0.15) is 0 Å². The van der Waals surface area contributed by atoms with Crippen molar-refractivity contribution in [1.82, 2.24) is 0 Å². The molecule has 0 amide bonds. The van der Waals surface area contributed by atoms with Crippen LogP contribution in [0, 0.1) is 6.92 Å². The van der Waals surface area contributed by atoms with Crippen molar-refractivity contribution >= 4 is 17.6 Å². The number of hydrogen-bond acceptors (Lipinski definition) is 6. The average molecular weight is 381 g/mol. The van der Waals surface area contributed by atoms with Gasteiger partial charge in [0.2, 0.25) is 0 Å².